The zero-order valence-electron chi connectivity index (χ0n) is 12.8. The van der Waals surface area contributed by atoms with Gasteiger partial charge < -0.3 is 14.4 Å². The lowest BCUT2D eigenvalue weighted by molar-refractivity contribution is -0.141. The van der Waals surface area contributed by atoms with Crippen molar-refractivity contribution < 1.29 is 32.6 Å². The highest BCUT2D eigenvalue weighted by Gasteiger charge is 2.42. The Labute approximate surface area is 129 Å². The molecule has 1 aliphatic heterocycles. The molecule has 1 amide bonds. The number of nitrogens with zero attached hydrogens (tertiary/aromatic N) is 3. The molecule has 0 bridgehead atoms. The molecule has 0 atom stereocenters. The van der Waals surface area contributed by atoms with Crippen LogP contribution in [0.15, 0.2) is 0 Å². The maximum Gasteiger partial charge on any atom is 0.435 e. The third kappa shape index (κ3) is 3.57. The van der Waals surface area contributed by atoms with Crippen molar-refractivity contribution in [3.05, 3.63) is 17.2 Å². The van der Waals surface area contributed by atoms with Crippen LogP contribution in [-0.2, 0) is 24.0 Å². The van der Waals surface area contributed by atoms with E-state index >= 15 is 0 Å². The van der Waals surface area contributed by atoms with Crippen LogP contribution in [0.3, 0.4) is 0 Å². The molecule has 0 saturated heterocycles. The number of carboxylic acid groups (broad SMARTS) is 1. The molecule has 7 nitrogen and oxygen atoms in total. The first-order chi connectivity index (χ1) is 10.4. The number of carbonyl (C=O) groups is 2. The number of fused-ring (bicyclic) bond motifs is 1. The first kappa shape index (κ1) is 17.1. The van der Waals surface area contributed by atoms with Crippen LogP contribution < -0.4 is 0 Å². The molecule has 1 N–H and O–H groups in total. The minimum Gasteiger partial charge on any atom is -0.477 e. The van der Waals surface area contributed by atoms with E-state index in [1.165, 1.54) is 4.90 Å². The number of halogens is 3. The maximum atomic E-state index is 12.9. The zero-order valence-corrected chi connectivity index (χ0v) is 12.8. The highest BCUT2D eigenvalue weighted by molar-refractivity contribution is 5.87. The molecule has 0 fully saturated rings. The first-order valence-corrected chi connectivity index (χ1v) is 6.78. The van der Waals surface area contributed by atoms with Gasteiger partial charge in [0, 0.05) is 13.1 Å². The molecule has 2 heterocycles. The average molecular weight is 335 g/mol. The van der Waals surface area contributed by atoms with E-state index in [1.54, 1.807) is 20.8 Å². The molecular weight excluding hydrogens is 319 g/mol. The summed E-state index contributed by atoms with van der Waals surface area (Å²) in [5, 5.41) is 9.04. The van der Waals surface area contributed by atoms with Gasteiger partial charge in [-0.15, -0.1) is 0 Å². The Kier molecular flexibility index (Phi) is 4.03. The van der Waals surface area contributed by atoms with E-state index in [4.69, 9.17) is 9.84 Å². The van der Waals surface area contributed by atoms with Crippen LogP contribution in [0.5, 0.6) is 0 Å². The molecule has 0 saturated carbocycles. The minimum absolute atomic E-state index is 0.0376. The molecule has 0 unspecified atom stereocenters. The average Bonchev–Trinajstić information content (AvgIpc) is 2.74. The predicted molar refractivity (Wildman–Crippen MR) is 70.8 cm³/mol. The van der Waals surface area contributed by atoms with E-state index in [2.05, 4.69) is 4.98 Å². The molecule has 128 valence electrons. The van der Waals surface area contributed by atoms with Gasteiger partial charge >= 0.3 is 18.2 Å². The number of carbonyl (C=O) groups excluding carboxylic acids is 1. The monoisotopic (exact) mass is 335 g/mol. The number of alkyl halides is 3. The summed E-state index contributed by atoms with van der Waals surface area (Å²) in [6, 6.07) is 0. The highest BCUT2D eigenvalue weighted by Crippen LogP contribution is 2.33. The summed E-state index contributed by atoms with van der Waals surface area (Å²) < 4.78 is 44.9. The van der Waals surface area contributed by atoms with Crippen LogP contribution in [0.1, 0.15) is 42.8 Å². The van der Waals surface area contributed by atoms with Gasteiger partial charge in [-0.05, 0) is 20.8 Å². The van der Waals surface area contributed by atoms with Crippen LogP contribution in [0, 0.1) is 0 Å². The van der Waals surface area contributed by atoms with Crippen molar-refractivity contribution in [1.29, 1.82) is 0 Å². The second kappa shape index (κ2) is 5.43. The number of imidazole rings is 1. The normalized spacial score (nSPS) is 15.3. The summed E-state index contributed by atoms with van der Waals surface area (Å²) in [4.78, 5) is 27.7. The van der Waals surface area contributed by atoms with E-state index < -0.39 is 35.2 Å². The van der Waals surface area contributed by atoms with Crippen molar-refractivity contribution in [2.24, 2.45) is 0 Å². The Balaban J connectivity index is 2.32. The van der Waals surface area contributed by atoms with Gasteiger partial charge in [-0.25, -0.2) is 14.6 Å². The van der Waals surface area contributed by atoms with Gasteiger partial charge in [0.1, 0.15) is 11.4 Å². The molecule has 23 heavy (non-hydrogen) atoms. The number of carboxylic acids is 1. The minimum atomic E-state index is -4.88. The zero-order chi connectivity index (χ0) is 17.6. The van der Waals surface area contributed by atoms with Gasteiger partial charge in [0.25, 0.3) is 0 Å². The smallest absolute Gasteiger partial charge is 0.435 e. The third-order valence-electron chi connectivity index (χ3n) is 3.10. The number of amides is 1. The number of aromatic carboxylic acids is 1. The van der Waals surface area contributed by atoms with Crippen LogP contribution in [0.25, 0.3) is 0 Å². The largest absolute Gasteiger partial charge is 0.477 e. The predicted octanol–water partition coefficient (Wildman–Crippen LogP) is 2.35. The molecule has 0 spiro atoms. The quantitative estimate of drug-likeness (QED) is 0.851. The fourth-order valence-electron chi connectivity index (χ4n) is 2.23. The molecule has 2 rings (SSSR count). The van der Waals surface area contributed by atoms with Crippen molar-refractivity contribution in [1.82, 2.24) is 14.5 Å². The van der Waals surface area contributed by atoms with E-state index in [0.29, 0.717) is 0 Å². The molecular formula is C13H16F3N3O4. The van der Waals surface area contributed by atoms with Crippen molar-refractivity contribution in [3.8, 4) is 0 Å². The van der Waals surface area contributed by atoms with Crippen LogP contribution in [0.4, 0.5) is 18.0 Å². The van der Waals surface area contributed by atoms with Gasteiger partial charge in [-0.1, -0.05) is 0 Å². The third-order valence-corrected chi connectivity index (χ3v) is 3.10. The van der Waals surface area contributed by atoms with Gasteiger partial charge in [0.05, 0.1) is 6.54 Å². The van der Waals surface area contributed by atoms with Crippen LogP contribution >= 0.6 is 0 Å². The Morgan fingerprint density at radius 1 is 1.22 bits per heavy atom. The SMILES string of the molecule is CC(C)(C)OC(=O)N1CCn2c(nc(C(F)(F)F)c2C(=O)O)C1. The second-order valence-electron chi connectivity index (χ2n) is 6.08. The molecule has 0 aromatic carbocycles. The molecule has 0 radical (unpaired) electrons. The topological polar surface area (TPSA) is 84.7 Å². The first-order valence-electron chi connectivity index (χ1n) is 6.78. The van der Waals surface area contributed by atoms with Gasteiger partial charge in [0.15, 0.2) is 11.4 Å². The second-order valence-corrected chi connectivity index (χ2v) is 6.08. The summed E-state index contributed by atoms with van der Waals surface area (Å²) in [6.07, 6.45) is -5.56. The van der Waals surface area contributed by atoms with E-state index in [0.717, 1.165) is 4.57 Å². The van der Waals surface area contributed by atoms with Crippen molar-refractivity contribution in [2.75, 3.05) is 6.54 Å². The maximum absolute atomic E-state index is 12.9. The van der Waals surface area contributed by atoms with Gasteiger partial charge in [-0.2, -0.15) is 13.2 Å². The number of ether oxygens (including phenoxy) is 1. The van der Waals surface area contributed by atoms with Gasteiger partial charge in [-0.3, -0.25) is 4.90 Å². The summed E-state index contributed by atoms with van der Waals surface area (Å²) >= 11 is 0. The van der Waals surface area contributed by atoms with Crippen molar-refractivity contribution >= 4 is 12.1 Å². The lowest BCUT2D eigenvalue weighted by atomic mass is 10.2. The summed E-state index contributed by atoms with van der Waals surface area (Å²) in [7, 11) is 0. The molecule has 10 heteroatoms. The highest BCUT2D eigenvalue weighted by atomic mass is 19.4. The summed E-state index contributed by atoms with van der Waals surface area (Å²) in [5.74, 6) is -1.84. The van der Waals surface area contributed by atoms with Crippen LogP contribution in [-0.4, -0.2) is 43.8 Å². The van der Waals surface area contributed by atoms with Crippen molar-refractivity contribution in [2.45, 2.75) is 45.6 Å². The summed E-state index contributed by atoms with van der Waals surface area (Å²) in [6.45, 7) is 4.70. The lowest BCUT2D eigenvalue weighted by Gasteiger charge is -2.30. The Bertz CT molecular complexity index is 646. The Morgan fingerprint density at radius 3 is 2.30 bits per heavy atom. The van der Waals surface area contributed by atoms with E-state index in [-0.39, 0.29) is 25.5 Å². The molecule has 1 aliphatic rings. The Hall–Kier alpha value is -2.26. The van der Waals surface area contributed by atoms with Crippen molar-refractivity contribution in [3.63, 3.8) is 0 Å². The number of hydrogen-bond donors (Lipinski definition) is 1. The standard InChI is InChI=1S/C13H16F3N3O4/c1-12(2,3)23-11(22)18-4-5-19-7(6-18)17-9(13(14,15)16)8(19)10(20)21/h4-6H2,1-3H3,(H,20,21). The molecule has 1 aromatic rings. The molecule has 0 aliphatic carbocycles. The number of hydrogen-bond acceptors (Lipinski definition) is 4. The lowest BCUT2D eigenvalue weighted by Crippen LogP contribution is -2.42. The number of rotatable bonds is 1. The fraction of sp³-hybridized carbons (Fsp3) is 0.615. The Morgan fingerprint density at radius 2 is 1.83 bits per heavy atom. The fourth-order valence-corrected chi connectivity index (χ4v) is 2.23. The van der Waals surface area contributed by atoms with E-state index in [9.17, 15) is 22.8 Å². The number of aromatic nitrogens is 2. The van der Waals surface area contributed by atoms with E-state index in [1.807, 2.05) is 0 Å². The molecule has 1 aromatic heterocycles. The van der Waals surface area contributed by atoms with Crippen LogP contribution in [0.2, 0.25) is 0 Å². The van der Waals surface area contributed by atoms with Gasteiger partial charge in [0.2, 0.25) is 0 Å². The summed E-state index contributed by atoms with van der Waals surface area (Å²) in [5.41, 5.74) is -3.10.